The predicted octanol–water partition coefficient (Wildman–Crippen LogP) is 3.17. The third kappa shape index (κ3) is 4.42. The first kappa shape index (κ1) is 19.9. The van der Waals surface area contributed by atoms with Crippen molar-refractivity contribution < 1.29 is 36.2 Å². The van der Waals surface area contributed by atoms with Crippen molar-refractivity contribution in [2.45, 2.75) is 32.0 Å². The van der Waals surface area contributed by atoms with Crippen molar-refractivity contribution in [2.75, 3.05) is 0 Å². The molecule has 0 fully saturated rings. The smallest absolute Gasteiger partial charge is 0.395 e. The van der Waals surface area contributed by atoms with Gasteiger partial charge in [-0.1, -0.05) is 6.07 Å². The van der Waals surface area contributed by atoms with Crippen molar-refractivity contribution in [3.8, 4) is 11.5 Å². The summed E-state index contributed by atoms with van der Waals surface area (Å²) in [6, 6.07) is 5.56. The fourth-order valence-electron chi connectivity index (χ4n) is 2.96. The summed E-state index contributed by atoms with van der Waals surface area (Å²) in [4.78, 5) is 16.2. The van der Waals surface area contributed by atoms with Gasteiger partial charge in [0, 0.05) is 5.39 Å². The SMILES string of the molecule is O=C(Cc1ccc2c(c1)OC(F)(F)O2)NCc1cc2cnn(CC(F)(F)F)c2cn1. The van der Waals surface area contributed by atoms with Crippen LogP contribution < -0.4 is 14.8 Å². The van der Waals surface area contributed by atoms with E-state index in [1.807, 2.05) is 0 Å². The molecule has 0 unspecified atom stereocenters. The van der Waals surface area contributed by atoms with E-state index in [1.165, 1.54) is 36.7 Å². The second-order valence-corrected chi connectivity index (χ2v) is 6.55. The number of amides is 1. The lowest BCUT2D eigenvalue weighted by atomic mass is 10.1. The highest BCUT2D eigenvalue weighted by molar-refractivity contribution is 5.80. The van der Waals surface area contributed by atoms with Crippen LogP contribution in [-0.2, 0) is 24.3 Å². The zero-order valence-electron chi connectivity index (χ0n) is 15.0. The van der Waals surface area contributed by atoms with E-state index >= 15 is 0 Å². The van der Waals surface area contributed by atoms with Gasteiger partial charge in [-0.2, -0.15) is 18.3 Å². The number of pyridine rings is 1. The van der Waals surface area contributed by atoms with Crippen molar-refractivity contribution in [1.82, 2.24) is 20.1 Å². The Kier molecular flexibility index (Phi) is 4.71. The molecule has 0 saturated carbocycles. The van der Waals surface area contributed by atoms with Crippen LogP contribution in [0.4, 0.5) is 22.0 Å². The van der Waals surface area contributed by atoms with E-state index in [2.05, 4.69) is 24.9 Å². The molecule has 0 aliphatic carbocycles. The molecule has 0 radical (unpaired) electrons. The molecule has 3 heterocycles. The average Bonchev–Trinajstić information content (AvgIpc) is 3.16. The van der Waals surface area contributed by atoms with Gasteiger partial charge in [0.25, 0.3) is 0 Å². The molecule has 1 amide bonds. The maximum absolute atomic E-state index is 13.0. The van der Waals surface area contributed by atoms with Crippen LogP contribution in [0.25, 0.3) is 10.9 Å². The fourth-order valence-corrected chi connectivity index (χ4v) is 2.96. The van der Waals surface area contributed by atoms with Gasteiger partial charge in [0.2, 0.25) is 5.91 Å². The molecule has 3 aromatic rings. The van der Waals surface area contributed by atoms with E-state index in [1.54, 1.807) is 0 Å². The van der Waals surface area contributed by atoms with Gasteiger partial charge in [-0.05, 0) is 23.8 Å². The molecule has 7 nitrogen and oxygen atoms in total. The summed E-state index contributed by atoms with van der Waals surface area (Å²) in [6.45, 7) is -1.20. The van der Waals surface area contributed by atoms with E-state index in [0.29, 0.717) is 16.6 Å². The van der Waals surface area contributed by atoms with E-state index < -0.39 is 24.9 Å². The topological polar surface area (TPSA) is 78.3 Å². The minimum Gasteiger partial charge on any atom is -0.395 e. The van der Waals surface area contributed by atoms with Gasteiger partial charge in [0.15, 0.2) is 11.5 Å². The Bertz CT molecular complexity index is 1110. The zero-order valence-corrected chi connectivity index (χ0v) is 15.0. The van der Waals surface area contributed by atoms with Gasteiger partial charge in [-0.25, -0.2) is 0 Å². The van der Waals surface area contributed by atoms with E-state index in [9.17, 15) is 26.7 Å². The number of halogens is 5. The van der Waals surface area contributed by atoms with Crippen LogP contribution >= 0.6 is 0 Å². The highest BCUT2D eigenvalue weighted by Crippen LogP contribution is 2.41. The van der Waals surface area contributed by atoms with Crippen molar-refractivity contribution in [2.24, 2.45) is 0 Å². The van der Waals surface area contributed by atoms with Crippen LogP contribution in [0.15, 0.2) is 36.7 Å². The van der Waals surface area contributed by atoms with Crippen molar-refractivity contribution in [1.29, 1.82) is 0 Å². The number of benzene rings is 1. The Morgan fingerprint density at radius 2 is 1.90 bits per heavy atom. The van der Waals surface area contributed by atoms with Crippen LogP contribution in [0.1, 0.15) is 11.3 Å². The summed E-state index contributed by atoms with van der Waals surface area (Å²) in [5, 5.41) is 6.77. The lowest BCUT2D eigenvalue weighted by Gasteiger charge is -2.08. The number of carbonyl (C=O) groups is 1. The number of rotatable bonds is 5. The molecule has 1 aromatic carbocycles. The highest BCUT2D eigenvalue weighted by atomic mass is 19.4. The second-order valence-electron chi connectivity index (χ2n) is 6.55. The van der Waals surface area contributed by atoms with Gasteiger partial charge >= 0.3 is 12.5 Å². The number of alkyl halides is 5. The number of hydrogen-bond acceptors (Lipinski definition) is 5. The highest BCUT2D eigenvalue weighted by Gasteiger charge is 2.43. The van der Waals surface area contributed by atoms with Crippen LogP contribution in [0, 0.1) is 0 Å². The number of hydrogen-bond donors (Lipinski definition) is 1. The van der Waals surface area contributed by atoms with Crippen LogP contribution in [-0.4, -0.2) is 33.1 Å². The van der Waals surface area contributed by atoms with Crippen LogP contribution in [0.2, 0.25) is 0 Å². The van der Waals surface area contributed by atoms with Crippen LogP contribution in [0.5, 0.6) is 11.5 Å². The third-order valence-corrected chi connectivity index (χ3v) is 4.21. The predicted molar refractivity (Wildman–Crippen MR) is 91.8 cm³/mol. The first-order chi connectivity index (χ1) is 14.1. The summed E-state index contributed by atoms with van der Waals surface area (Å²) < 4.78 is 73.1. The lowest BCUT2D eigenvalue weighted by Crippen LogP contribution is -2.26. The number of fused-ring (bicyclic) bond motifs is 2. The first-order valence-corrected chi connectivity index (χ1v) is 8.61. The second kappa shape index (κ2) is 7.11. The molecular weight excluding hydrogens is 415 g/mol. The minimum absolute atomic E-state index is 0.0296. The zero-order chi connectivity index (χ0) is 21.5. The van der Waals surface area contributed by atoms with Crippen molar-refractivity contribution >= 4 is 16.8 Å². The summed E-state index contributed by atoms with van der Waals surface area (Å²) >= 11 is 0. The Hall–Kier alpha value is -3.44. The monoisotopic (exact) mass is 428 g/mol. The van der Waals surface area contributed by atoms with E-state index in [0.717, 1.165) is 4.68 Å². The quantitative estimate of drug-likeness (QED) is 0.632. The number of nitrogens with one attached hydrogen (secondary N) is 1. The number of ether oxygens (including phenoxy) is 2. The van der Waals surface area contributed by atoms with E-state index in [4.69, 9.17) is 0 Å². The van der Waals surface area contributed by atoms with Gasteiger partial charge < -0.3 is 14.8 Å². The maximum Gasteiger partial charge on any atom is 0.586 e. The summed E-state index contributed by atoms with van der Waals surface area (Å²) in [5.74, 6) is -0.684. The molecule has 1 aliphatic heterocycles. The van der Waals surface area contributed by atoms with Gasteiger partial charge in [0.1, 0.15) is 6.54 Å². The molecule has 0 spiro atoms. The van der Waals surface area contributed by atoms with Crippen LogP contribution in [0.3, 0.4) is 0 Å². The lowest BCUT2D eigenvalue weighted by molar-refractivity contribution is -0.286. The molecule has 1 aliphatic rings. The van der Waals surface area contributed by atoms with Gasteiger partial charge in [0.05, 0.1) is 36.6 Å². The van der Waals surface area contributed by atoms with E-state index in [-0.39, 0.29) is 30.0 Å². The Labute approximate surface area is 165 Å². The molecule has 0 saturated heterocycles. The molecular formula is C18H13F5N4O3. The molecule has 2 aromatic heterocycles. The molecule has 158 valence electrons. The maximum atomic E-state index is 13.0. The number of aromatic nitrogens is 3. The molecule has 4 rings (SSSR count). The Balaban J connectivity index is 1.37. The normalized spacial score (nSPS) is 14.8. The van der Waals surface area contributed by atoms with Crippen molar-refractivity contribution in [3.05, 3.63) is 47.9 Å². The standard InChI is InChI=1S/C18H13F5N4O3/c19-17(20,21)9-27-13-8-24-12(5-11(13)6-26-27)7-25-16(28)4-10-1-2-14-15(3-10)30-18(22,23)29-14/h1-3,5-6,8H,4,7,9H2,(H,25,28). The summed E-state index contributed by atoms with van der Waals surface area (Å²) in [7, 11) is 0. The number of carbonyl (C=O) groups excluding carboxylic acids is 1. The number of nitrogens with zero attached hydrogens (tertiary/aromatic N) is 3. The molecule has 0 atom stereocenters. The Morgan fingerprint density at radius 1 is 1.13 bits per heavy atom. The molecule has 1 N–H and O–H groups in total. The molecule has 12 heteroatoms. The third-order valence-electron chi connectivity index (χ3n) is 4.21. The van der Waals surface area contributed by atoms with Crippen molar-refractivity contribution in [3.63, 3.8) is 0 Å². The largest absolute Gasteiger partial charge is 0.586 e. The molecule has 0 bridgehead atoms. The Morgan fingerprint density at radius 3 is 2.67 bits per heavy atom. The first-order valence-electron chi connectivity index (χ1n) is 8.61. The van der Waals surface area contributed by atoms with Gasteiger partial charge in [-0.3, -0.25) is 14.5 Å². The minimum atomic E-state index is -4.41. The molecule has 30 heavy (non-hydrogen) atoms. The average molecular weight is 428 g/mol. The summed E-state index contributed by atoms with van der Waals surface area (Å²) in [5.41, 5.74) is 1.08. The van der Waals surface area contributed by atoms with Gasteiger partial charge in [-0.15, -0.1) is 8.78 Å². The summed E-state index contributed by atoms with van der Waals surface area (Å²) in [6.07, 6.45) is -5.70. The fraction of sp³-hybridized carbons (Fsp3) is 0.278.